The Morgan fingerprint density at radius 1 is 1.52 bits per heavy atom. The van der Waals surface area contributed by atoms with Gasteiger partial charge in [0.2, 0.25) is 5.89 Å². The molecule has 2 rings (SSSR count). The Labute approximate surface area is 125 Å². The lowest BCUT2D eigenvalue weighted by Gasteiger charge is -2.05. The highest BCUT2D eigenvalue weighted by Gasteiger charge is 2.23. The number of nitrogen functional groups attached to an aromatic ring is 1. The number of nitriles is 1. The minimum atomic E-state index is -3.52. The number of rotatable bonds is 5. The molecule has 2 aromatic rings. The van der Waals surface area contributed by atoms with E-state index in [1.165, 1.54) is 0 Å². The second kappa shape index (κ2) is 5.71. The van der Waals surface area contributed by atoms with Gasteiger partial charge >= 0.3 is 0 Å². The maximum absolute atomic E-state index is 11.8. The number of nitrogens with zero attached hydrogens (tertiary/aromatic N) is 3. The molecular weight excluding hydrogens is 314 g/mol. The average Bonchev–Trinajstić information content (AvgIpc) is 2.92. The molecule has 0 radical (unpaired) electrons. The first-order valence-corrected chi connectivity index (χ1v) is 8.59. The molecule has 0 saturated carbocycles. The van der Waals surface area contributed by atoms with E-state index in [-0.39, 0.29) is 15.5 Å². The molecule has 0 atom stereocenters. The van der Waals surface area contributed by atoms with Gasteiger partial charge in [0, 0.05) is 19.2 Å². The number of aryl methyl sites for hydroxylation is 1. The van der Waals surface area contributed by atoms with Gasteiger partial charge in [-0.3, -0.25) is 0 Å². The lowest BCUT2D eigenvalue weighted by molar-refractivity contribution is 0.377. The smallest absolute Gasteiger partial charge is 0.228 e. The van der Waals surface area contributed by atoms with Crippen molar-refractivity contribution in [3.63, 3.8) is 0 Å². The van der Waals surface area contributed by atoms with Crippen LogP contribution in [0.5, 0.6) is 0 Å². The molecule has 112 valence electrons. The van der Waals surface area contributed by atoms with Gasteiger partial charge in [-0.15, -0.1) is 11.3 Å². The summed E-state index contributed by atoms with van der Waals surface area (Å²) in [5, 5.41) is 15.9. The first-order chi connectivity index (χ1) is 9.82. The summed E-state index contributed by atoms with van der Waals surface area (Å²) in [7, 11) is -3.52. The van der Waals surface area contributed by atoms with Crippen molar-refractivity contribution >= 4 is 31.9 Å². The quantitative estimate of drug-likeness (QED) is 0.828. The van der Waals surface area contributed by atoms with Crippen LogP contribution >= 0.6 is 11.3 Å². The number of hydrogen-bond donors (Lipinski definition) is 2. The van der Waals surface area contributed by atoms with Gasteiger partial charge in [-0.2, -0.15) is 10.2 Å². The molecule has 0 aromatic carbocycles. The Bertz CT molecular complexity index is 800. The van der Waals surface area contributed by atoms with E-state index in [2.05, 4.69) is 15.5 Å². The molecule has 0 aliphatic carbocycles. The highest BCUT2D eigenvalue weighted by atomic mass is 32.2. The number of nitrogens with one attached hydrogen (secondary N) is 1. The van der Waals surface area contributed by atoms with Crippen LogP contribution in [-0.2, 0) is 16.3 Å². The Balaban J connectivity index is 2.18. The Kier molecular flexibility index (Phi) is 4.15. The summed E-state index contributed by atoms with van der Waals surface area (Å²) in [5.74, 6) is 0.986. The van der Waals surface area contributed by atoms with Crippen LogP contribution in [0.25, 0.3) is 0 Å². The Morgan fingerprint density at radius 3 is 2.76 bits per heavy atom. The van der Waals surface area contributed by atoms with Crippen molar-refractivity contribution in [1.82, 2.24) is 10.1 Å². The highest BCUT2D eigenvalue weighted by molar-refractivity contribution is 7.91. The van der Waals surface area contributed by atoms with E-state index in [4.69, 9.17) is 15.5 Å². The fourth-order valence-electron chi connectivity index (χ4n) is 1.72. The van der Waals surface area contributed by atoms with Crippen molar-refractivity contribution in [2.75, 3.05) is 23.9 Å². The van der Waals surface area contributed by atoms with Gasteiger partial charge in [-0.05, 0) is 6.92 Å². The van der Waals surface area contributed by atoms with Crippen LogP contribution < -0.4 is 11.1 Å². The molecular formula is C11H13N5O3S2. The van der Waals surface area contributed by atoms with Gasteiger partial charge in [-0.25, -0.2) is 8.42 Å². The minimum Gasteiger partial charge on any atom is -0.396 e. The molecule has 0 aliphatic heterocycles. The van der Waals surface area contributed by atoms with Crippen molar-refractivity contribution in [2.24, 2.45) is 0 Å². The first kappa shape index (κ1) is 15.3. The molecule has 0 fully saturated rings. The van der Waals surface area contributed by atoms with Crippen LogP contribution in [-0.4, -0.2) is 31.4 Å². The zero-order valence-corrected chi connectivity index (χ0v) is 13.0. The van der Waals surface area contributed by atoms with E-state index >= 15 is 0 Å². The molecule has 2 heterocycles. The SMILES string of the molecule is Cc1noc(CCNc2sc(C#N)c(N)c2S(C)(=O)=O)n1. The number of anilines is 2. The normalized spacial score (nSPS) is 11.3. The number of hydrogen-bond acceptors (Lipinski definition) is 9. The van der Waals surface area contributed by atoms with Crippen LogP contribution in [0.4, 0.5) is 10.7 Å². The summed E-state index contributed by atoms with van der Waals surface area (Å²) in [6.45, 7) is 2.09. The van der Waals surface area contributed by atoms with Gasteiger partial charge in [0.25, 0.3) is 0 Å². The molecule has 0 bridgehead atoms. The van der Waals surface area contributed by atoms with Gasteiger partial charge in [0.15, 0.2) is 15.7 Å². The van der Waals surface area contributed by atoms with Gasteiger partial charge < -0.3 is 15.6 Å². The molecule has 2 aromatic heterocycles. The van der Waals surface area contributed by atoms with Crippen LogP contribution in [0.15, 0.2) is 9.42 Å². The average molecular weight is 327 g/mol. The van der Waals surface area contributed by atoms with E-state index in [1.807, 2.05) is 6.07 Å². The third kappa shape index (κ3) is 3.32. The lowest BCUT2D eigenvalue weighted by Crippen LogP contribution is -2.08. The standard InChI is InChI=1S/C11H13N5O3S2/c1-6-15-8(19-16-6)3-4-14-11-10(21(2,17)18)9(13)7(5-12)20-11/h14H,3-4,13H2,1-2H3. The molecule has 10 heteroatoms. The predicted molar refractivity (Wildman–Crippen MR) is 77.8 cm³/mol. The number of sulfone groups is 1. The molecule has 0 amide bonds. The first-order valence-electron chi connectivity index (χ1n) is 5.88. The second-order valence-electron chi connectivity index (χ2n) is 4.30. The maximum atomic E-state index is 11.8. The zero-order valence-electron chi connectivity index (χ0n) is 11.4. The fraction of sp³-hybridized carbons (Fsp3) is 0.364. The molecule has 0 saturated heterocycles. The fourth-order valence-corrected chi connectivity index (χ4v) is 4.11. The zero-order chi connectivity index (χ0) is 15.6. The van der Waals surface area contributed by atoms with Gasteiger partial charge in [-0.1, -0.05) is 5.16 Å². The van der Waals surface area contributed by atoms with Crippen LogP contribution in [0, 0.1) is 18.3 Å². The summed E-state index contributed by atoms with van der Waals surface area (Å²) >= 11 is 1.01. The molecule has 0 spiro atoms. The monoisotopic (exact) mass is 327 g/mol. The topological polar surface area (TPSA) is 135 Å². The molecule has 3 N–H and O–H groups in total. The maximum Gasteiger partial charge on any atom is 0.228 e. The van der Waals surface area contributed by atoms with Crippen LogP contribution in [0.2, 0.25) is 0 Å². The van der Waals surface area contributed by atoms with Crippen molar-refractivity contribution in [3.05, 3.63) is 16.6 Å². The summed E-state index contributed by atoms with van der Waals surface area (Å²) < 4.78 is 28.5. The van der Waals surface area contributed by atoms with E-state index < -0.39 is 9.84 Å². The second-order valence-corrected chi connectivity index (χ2v) is 7.27. The number of thiophene rings is 1. The summed E-state index contributed by atoms with van der Waals surface area (Å²) in [5.41, 5.74) is 5.70. The predicted octanol–water partition coefficient (Wildman–Crippen LogP) is 0.952. The summed E-state index contributed by atoms with van der Waals surface area (Å²) in [6.07, 6.45) is 1.49. The number of nitrogens with two attached hydrogens (primary N) is 1. The van der Waals surface area contributed by atoms with Crippen LogP contribution in [0.1, 0.15) is 16.6 Å². The van der Waals surface area contributed by atoms with E-state index in [1.54, 1.807) is 6.92 Å². The molecule has 0 aliphatic rings. The van der Waals surface area contributed by atoms with Gasteiger partial charge in [0.1, 0.15) is 20.8 Å². The van der Waals surface area contributed by atoms with Crippen molar-refractivity contribution in [3.8, 4) is 6.07 Å². The molecule has 0 unspecified atom stereocenters. The highest BCUT2D eigenvalue weighted by Crippen LogP contribution is 2.38. The van der Waals surface area contributed by atoms with Crippen molar-refractivity contribution < 1.29 is 12.9 Å². The summed E-state index contributed by atoms with van der Waals surface area (Å²) in [4.78, 5) is 4.18. The number of aromatic nitrogens is 2. The minimum absolute atomic E-state index is 0.0128. The largest absolute Gasteiger partial charge is 0.396 e. The lowest BCUT2D eigenvalue weighted by atomic mass is 10.4. The van der Waals surface area contributed by atoms with E-state index in [0.717, 1.165) is 17.6 Å². The van der Waals surface area contributed by atoms with Crippen molar-refractivity contribution in [2.45, 2.75) is 18.2 Å². The van der Waals surface area contributed by atoms with Gasteiger partial charge in [0.05, 0.1) is 5.69 Å². The third-order valence-corrected chi connectivity index (χ3v) is 4.93. The Hall–Kier alpha value is -2.12. The molecule has 21 heavy (non-hydrogen) atoms. The van der Waals surface area contributed by atoms with Crippen molar-refractivity contribution in [1.29, 1.82) is 5.26 Å². The van der Waals surface area contributed by atoms with E-state index in [9.17, 15) is 8.42 Å². The Morgan fingerprint density at radius 2 is 2.24 bits per heavy atom. The third-order valence-electron chi connectivity index (χ3n) is 2.57. The summed E-state index contributed by atoms with van der Waals surface area (Å²) in [6, 6.07) is 1.89. The van der Waals surface area contributed by atoms with Crippen LogP contribution in [0.3, 0.4) is 0 Å². The molecule has 8 nitrogen and oxygen atoms in total. The van der Waals surface area contributed by atoms with E-state index in [0.29, 0.717) is 29.7 Å².